The van der Waals surface area contributed by atoms with Crippen molar-refractivity contribution in [3.63, 3.8) is 0 Å². The van der Waals surface area contributed by atoms with Crippen LogP contribution in [0.2, 0.25) is 0 Å². The van der Waals surface area contributed by atoms with Crippen LogP contribution in [0.3, 0.4) is 0 Å². The molecule has 1 N–H and O–H groups in total. The van der Waals surface area contributed by atoms with E-state index >= 15 is 0 Å². The Kier molecular flexibility index (Phi) is 2.28. The number of pyridine rings is 1. The smallest absolute Gasteiger partial charge is 0.214 e. The van der Waals surface area contributed by atoms with Gasteiger partial charge in [0.1, 0.15) is 11.9 Å². The Morgan fingerprint density at radius 2 is 2.05 bits per heavy atom. The molecule has 4 rings (SSSR count). The molecule has 1 fully saturated rings. The van der Waals surface area contributed by atoms with Gasteiger partial charge in [0.15, 0.2) is 0 Å². The van der Waals surface area contributed by atoms with Gasteiger partial charge in [-0.1, -0.05) is 12.1 Å². The van der Waals surface area contributed by atoms with Crippen LogP contribution in [0.5, 0.6) is 11.6 Å². The Morgan fingerprint density at radius 1 is 1.16 bits per heavy atom. The number of nitrogens with zero attached hydrogens (tertiary/aromatic N) is 1. The summed E-state index contributed by atoms with van der Waals surface area (Å²) in [4.78, 5) is 4.22. The molecule has 0 radical (unpaired) electrons. The summed E-state index contributed by atoms with van der Waals surface area (Å²) < 4.78 is 5.70. The average Bonchev–Trinajstić information content (AvgIpc) is 3.16. The number of aromatic nitrogens is 1. The van der Waals surface area contributed by atoms with Gasteiger partial charge in [0, 0.05) is 17.8 Å². The highest BCUT2D eigenvalue weighted by molar-refractivity contribution is 5.74. The van der Waals surface area contributed by atoms with Crippen LogP contribution in [0.25, 0.3) is 11.1 Å². The number of ether oxygens (including phenoxy) is 1. The van der Waals surface area contributed by atoms with Gasteiger partial charge in [-0.3, -0.25) is 0 Å². The van der Waals surface area contributed by atoms with Gasteiger partial charge in [-0.05, 0) is 48.4 Å². The lowest BCUT2D eigenvalue weighted by atomic mass is 9.85. The third kappa shape index (κ3) is 1.86. The molecule has 1 saturated carbocycles. The van der Waals surface area contributed by atoms with Gasteiger partial charge in [0.25, 0.3) is 0 Å². The summed E-state index contributed by atoms with van der Waals surface area (Å²) in [6.07, 6.45) is 6.38. The van der Waals surface area contributed by atoms with E-state index in [1.54, 1.807) is 6.20 Å². The fraction of sp³-hybridized carbons (Fsp3) is 0.312. The first-order valence-corrected chi connectivity index (χ1v) is 6.78. The maximum atomic E-state index is 10.3. The highest BCUT2D eigenvalue weighted by Gasteiger charge is 2.24. The van der Waals surface area contributed by atoms with Crippen LogP contribution in [-0.4, -0.2) is 16.2 Å². The molecule has 0 bridgehead atoms. The summed E-state index contributed by atoms with van der Waals surface area (Å²) in [5, 5.41) is 10.3. The molecule has 2 aromatic rings. The minimum Gasteiger partial charge on any atom is -0.507 e. The molecule has 0 unspecified atom stereocenters. The number of aromatic hydroxyl groups is 1. The van der Waals surface area contributed by atoms with Crippen LogP contribution in [-0.2, 0) is 12.8 Å². The van der Waals surface area contributed by atoms with E-state index in [0.29, 0.717) is 17.7 Å². The van der Waals surface area contributed by atoms with Crippen LogP contribution in [0.15, 0.2) is 30.5 Å². The Hall–Kier alpha value is -2.03. The van der Waals surface area contributed by atoms with Crippen molar-refractivity contribution in [3.8, 4) is 22.8 Å². The van der Waals surface area contributed by atoms with Crippen molar-refractivity contribution >= 4 is 0 Å². The predicted molar refractivity (Wildman–Crippen MR) is 72.4 cm³/mol. The Balaban J connectivity index is 1.73. The van der Waals surface area contributed by atoms with Gasteiger partial charge in [0.05, 0.1) is 0 Å². The lowest BCUT2D eigenvalue weighted by Crippen LogP contribution is -2.08. The molecule has 0 amide bonds. The molecule has 96 valence electrons. The number of hydrogen-bond donors (Lipinski definition) is 1. The average molecular weight is 253 g/mol. The van der Waals surface area contributed by atoms with Gasteiger partial charge < -0.3 is 9.84 Å². The first-order chi connectivity index (χ1) is 9.31. The molecule has 0 atom stereocenters. The van der Waals surface area contributed by atoms with Crippen molar-refractivity contribution < 1.29 is 9.84 Å². The van der Waals surface area contributed by atoms with Crippen molar-refractivity contribution in [1.82, 2.24) is 4.98 Å². The number of aryl methyl sites for hydroxylation is 1. The van der Waals surface area contributed by atoms with E-state index < -0.39 is 0 Å². The topological polar surface area (TPSA) is 42.4 Å². The zero-order valence-electron chi connectivity index (χ0n) is 10.6. The van der Waals surface area contributed by atoms with E-state index in [-0.39, 0.29) is 0 Å². The molecule has 0 saturated heterocycles. The van der Waals surface area contributed by atoms with Crippen LogP contribution in [0.1, 0.15) is 24.0 Å². The van der Waals surface area contributed by atoms with Crippen molar-refractivity contribution in [1.29, 1.82) is 0 Å². The molecular weight excluding hydrogens is 238 g/mol. The second kappa shape index (κ2) is 3.98. The zero-order chi connectivity index (χ0) is 12.8. The quantitative estimate of drug-likeness (QED) is 0.914. The van der Waals surface area contributed by atoms with Crippen LogP contribution in [0, 0.1) is 0 Å². The van der Waals surface area contributed by atoms with Crippen LogP contribution < -0.4 is 4.74 Å². The molecule has 0 aliphatic heterocycles. The van der Waals surface area contributed by atoms with E-state index in [2.05, 4.69) is 11.1 Å². The van der Waals surface area contributed by atoms with Crippen molar-refractivity contribution in [2.45, 2.75) is 31.8 Å². The first-order valence-electron chi connectivity index (χ1n) is 6.78. The van der Waals surface area contributed by atoms with Gasteiger partial charge in [0.2, 0.25) is 5.88 Å². The highest BCUT2D eigenvalue weighted by Crippen LogP contribution is 2.40. The summed E-state index contributed by atoms with van der Waals surface area (Å²) in [5.74, 6) is 1.08. The van der Waals surface area contributed by atoms with Crippen molar-refractivity contribution in [2.24, 2.45) is 0 Å². The number of phenols is 1. The summed E-state index contributed by atoms with van der Waals surface area (Å²) in [7, 11) is 0. The molecule has 19 heavy (non-hydrogen) atoms. The third-order valence-corrected chi connectivity index (χ3v) is 3.88. The second-order valence-corrected chi connectivity index (χ2v) is 5.30. The second-order valence-electron chi connectivity index (χ2n) is 5.30. The standard InChI is InChI=1S/C16H15NO2/c18-16-13-5-1-10(13)2-6-14(16)11-7-8-17-15(9-11)19-12-3-4-12/h2,6-9,12,18H,1,3-5H2. The molecule has 3 nitrogen and oxygen atoms in total. The van der Waals surface area contributed by atoms with Gasteiger partial charge in [-0.25, -0.2) is 4.98 Å². The molecule has 1 heterocycles. The molecule has 1 aromatic heterocycles. The maximum absolute atomic E-state index is 10.3. The van der Waals surface area contributed by atoms with Crippen molar-refractivity contribution in [2.75, 3.05) is 0 Å². The molecule has 1 aromatic carbocycles. The number of hydrogen-bond acceptors (Lipinski definition) is 3. The Morgan fingerprint density at radius 3 is 2.79 bits per heavy atom. The zero-order valence-corrected chi connectivity index (χ0v) is 10.6. The van der Waals surface area contributed by atoms with Gasteiger partial charge >= 0.3 is 0 Å². The number of benzene rings is 1. The number of phenolic OH excluding ortho intramolecular Hbond substituents is 1. The van der Waals surface area contributed by atoms with E-state index in [9.17, 15) is 5.11 Å². The molecule has 0 spiro atoms. The highest BCUT2D eigenvalue weighted by atomic mass is 16.5. The number of rotatable bonds is 3. The van der Waals surface area contributed by atoms with E-state index in [1.807, 2.05) is 18.2 Å². The van der Waals surface area contributed by atoms with E-state index in [0.717, 1.165) is 42.4 Å². The molecule has 2 aliphatic carbocycles. The summed E-state index contributed by atoms with van der Waals surface area (Å²) >= 11 is 0. The fourth-order valence-corrected chi connectivity index (χ4v) is 2.51. The predicted octanol–water partition coefficient (Wildman–Crippen LogP) is 3.09. The minimum absolute atomic E-state index is 0.341. The van der Waals surface area contributed by atoms with Crippen LogP contribution in [0.4, 0.5) is 0 Å². The molecular formula is C16H15NO2. The van der Waals surface area contributed by atoms with Gasteiger partial charge in [-0.15, -0.1) is 0 Å². The van der Waals surface area contributed by atoms with E-state index in [4.69, 9.17) is 4.74 Å². The number of fused-ring (bicyclic) bond motifs is 1. The molecule has 3 heteroatoms. The summed E-state index contributed by atoms with van der Waals surface area (Å²) in [5.41, 5.74) is 4.21. The van der Waals surface area contributed by atoms with E-state index in [1.165, 1.54) is 5.56 Å². The first kappa shape index (κ1) is 10.9. The molecule has 2 aliphatic rings. The normalized spacial score (nSPS) is 16.6. The fourth-order valence-electron chi connectivity index (χ4n) is 2.51. The minimum atomic E-state index is 0.341. The Labute approximate surface area is 111 Å². The van der Waals surface area contributed by atoms with Gasteiger partial charge in [-0.2, -0.15) is 0 Å². The lowest BCUT2D eigenvalue weighted by Gasteiger charge is -2.21. The van der Waals surface area contributed by atoms with Crippen molar-refractivity contribution in [3.05, 3.63) is 41.6 Å². The lowest BCUT2D eigenvalue weighted by molar-refractivity contribution is 0.291. The third-order valence-electron chi connectivity index (χ3n) is 3.88. The van der Waals surface area contributed by atoms with Crippen LogP contribution >= 0.6 is 0 Å². The summed E-state index contributed by atoms with van der Waals surface area (Å²) in [6, 6.07) is 7.93. The largest absolute Gasteiger partial charge is 0.507 e. The maximum Gasteiger partial charge on any atom is 0.214 e. The monoisotopic (exact) mass is 253 g/mol. The SMILES string of the molecule is Oc1c(-c2ccnc(OC3CC3)c2)ccc2c1CC2. The summed E-state index contributed by atoms with van der Waals surface area (Å²) in [6.45, 7) is 0. The Bertz CT molecular complexity index is 647.